The zero-order valence-electron chi connectivity index (χ0n) is 13.1. The molecule has 1 aliphatic carbocycles. The molecule has 0 saturated heterocycles. The van der Waals surface area contributed by atoms with Crippen molar-refractivity contribution >= 4 is 5.78 Å². The maximum absolute atomic E-state index is 11.9. The summed E-state index contributed by atoms with van der Waals surface area (Å²) in [4.78, 5) is 11.9. The van der Waals surface area contributed by atoms with Crippen molar-refractivity contribution in [2.75, 3.05) is 0 Å². The number of aliphatic hydroxyl groups is 1. The molecule has 0 aromatic heterocycles. The van der Waals surface area contributed by atoms with Gasteiger partial charge in [-0.1, -0.05) is 30.9 Å². The lowest BCUT2D eigenvalue weighted by Crippen LogP contribution is -2.24. The van der Waals surface area contributed by atoms with Crippen LogP contribution >= 0.6 is 0 Å². The smallest absolute Gasteiger partial charge is 0.136 e. The Morgan fingerprint density at radius 2 is 2.14 bits per heavy atom. The van der Waals surface area contributed by atoms with E-state index in [4.69, 9.17) is 0 Å². The van der Waals surface area contributed by atoms with E-state index in [1.807, 2.05) is 19.1 Å². The van der Waals surface area contributed by atoms with Crippen molar-refractivity contribution in [3.05, 3.63) is 35.4 Å². The Kier molecular flexibility index (Phi) is 4.85. The van der Waals surface area contributed by atoms with E-state index in [9.17, 15) is 9.90 Å². The minimum absolute atomic E-state index is 0.110. The number of benzene rings is 1. The van der Waals surface area contributed by atoms with Gasteiger partial charge < -0.3 is 5.11 Å². The highest BCUT2D eigenvalue weighted by atomic mass is 16.3. The normalized spacial score (nSPS) is 22.6. The molecule has 2 atom stereocenters. The minimum atomic E-state index is -0.755. The van der Waals surface area contributed by atoms with Crippen LogP contribution in [0.2, 0.25) is 0 Å². The van der Waals surface area contributed by atoms with E-state index in [-0.39, 0.29) is 5.92 Å². The predicted molar refractivity (Wildman–Crippen MR) is 85.0 cm³/mol. The third-order valence-corrected chi connectivity index (χ3v) is 4.12. The molecule has 0 spiro atoms. The maximum Gasteiger partial charge on any atom is 0.136 e. The minimum Gasteiger partial charge on any atom is -0.389 e. The summed E-state index contributed by atoms with van der Waals surface area (Å²) in [6.07, 6.45) is 3.24. The van der Waals surface area contributed by atoms with E-state index in [1.54, 1.807) is 13.8 Å². The zero-order valence-corrected chi connectivity index (χ0v) is 13.1. The predicted octanol–water partition coefficient (Wildman–Crippen LogP) is 3.67. The third kappa shape index (κ3) is 4.44. The van der Waals surface area contributed by atoms with Crippen LogP contribution in [0.3, 0.4) is 0 Å². The van der Waals surface area contributed by atoms with Gasteiger partial charge in [-0.2, -0.15) is 0 Å². The van der Waals surface area contributed by atoms with E-state index >= 15 is 0 Å². The topological polar surface area (TPSA) is 37.3 Å². The van der Waals surface area contributed by atoms with Crippen LogP contribution in [-0.4, -0.2) is 16.5 Å². The monoisotopic (exact) mass is 284 g/mol. The van der Waals surface area contributed by atoms with Gasteiger partial charge in [-0.3, -0.25) is 4.79 Å². The van der Waals surface area contributed by atoms with Gasteiger partial charge in [0.25, 0.3) is 0 Å². The summed E-state index contributed by atoms with van der Waals surface area (Å²) in [6, 6.07) is 8.18. The molecule has 0 bridgehead atoms. The number of carbonyl (C=O) groups is 1. The van der Waals surface area contributed by atoms with Gasteiger partial charge in [0.15, 0.2) is 0 Å². The fraction of sp³-hybridized carbons (Fsp3) is 0.526. The largest absolute Gasteiger partial charge is 0.389 e. The van der Waals surface area contributed by atoms with Gasteiger partial charge in [-0.15, -0.1) is 0 Å². The lowest BCUT2D eigenvalue weighted by Gasteiger charge is -2.28. The molecule has 21 heavy (non-hydrogen) atoms. The summed E-state index contributed by atoms with van der Waals surface area (Å²) in [5.74, 6) is 6.95. The maximum atomic E-state index is 11.9. The Morgan fingerprint density at radius 3 is 2.86 bits per heavy atom. The van der Waals surface area contributed by atoms with Crippen LogP contribution in [0.4, 0.5) is 0 Å². The van der Waals surface area contributed by atoms with Gasteiger partial charge in [-0.25, -0.2) is 0 Å². The van der Waals surface area contributed by atoms with Crippen LogP contribution in [0.15, 0.2) is 24.3 Å². The van der Waals surface area contributed by atoms with E-state index in [1.165, 1.54) is 5.56 Å². The molecule has 2 nitrogen and oxygen atoms in total. The quantitative estimate of drug-likeness (QED) is 0.841. The van der Waals surface area contributed by atoms with Crippen molar-refractivity contribution in [2.24, 2.45) is 5.92 Å². The number of ketones is 1. The molecule has 112 valence electrons. The highest BCUT2D eigenvalue weighted by molar-refractivity contribution is 5.82. The van der Waals surface area contributed by atoms with Gasteiger partial charge in [-0.05, 0) is 50.3 Å². The average Bonchev–Trinajstić information content (AvgIpc) is 2.41. The first-order chi connectivity index (χ1) is 9.87. The van der Waals surface area contributed by atoms with Crippen LogP contribution < -0.4 is 0 Å². The zero-order chi connectivity index (χ0) is 15.5. The summed E-state index contributed by atoms with van der Waals surface area (Å²) in [5, 5.41) is 9.68. The number of hydrogen-bond donors (Lipinski definition) is 1. The fourth-order valence-corrected chi connectivity index (χ4v) is 2.86. The van der Waals surface area contributed by atoms with Crippen molar-refractivity contribution in [3.63, 3.8) is 0 Å². The van der Waals surface area contributed by atoms with Gasteiger partial charge in [0.2, 0.25) is 0 Å². The van der Waals surface area contributed by atoms with Crippen molar-refractivity contribution < 1.29 is 9.90 Å². The summed E-state index contributed by atoms with van der Waals surface area (Å²) < 4.78 is 0. The van der Waals surface area contributed by atoms with E-state index in [0.29, 0.717) is 18.1 Å². The van der Waals surface area contributed by atoms with Crippen molar-refractivity contribution in [1.29, 1.82) is 0 Å². The molecule has 0 unspecified atom stereocenters. The number of hydrogen-bond acceptors (Lipinski definition) is 2. The van der Waals surface area contributed by atoms with Gasteiger partial charge in [0.1, 0.15) is 5.78 Å². The Morgan fingerprint density at radius 1 is 1.38 bits per heavy atom. The van der Waals surface area contributed by atoms with Crippen LogP contribution in [0.1, 0.15) is 63.5 Å². The van der Waals surface area contributed by atoms with Gasteiger partial charge in [0, 0.05) is 24.3 Å². The molecule has 1 fully saturated rings. The first kappa shape index (κ1) is 15.8. The molecule has 1 aromatic rings. The van der Waals surface area contributed by atoms with E-state index < -0.39 is 5.60 Å². The van der Waals surface area contributed by atoms with Crippen LogP contribution in [0, 0.1) is 17.8 Å². The molecule has 1 aromatic carbocycles. The standard InChI is InChI=1S/C19H24O2/c1-14-17(10-5-11-18(14)20)16-9-4-7-15(13-16)8-6-12-19(2,3)21/h4,7,9,13-14,17,21H,5,10-12H2,1-3H3/t14-,17+/m1/s1. The Hall–Kier alpha value is -1.59. The Balaban J connectivity index is 2.16. The van der Waals surface area contributed by atoms with Crippen molar-refractivity contribution in [3.8, 4) is 11.8 Å². The molecule has 1 aliphatic rings. The lowest BCUT2D eigenvalue weighted by atomic mass is 9.75. The Bertz CT molecular complexity index is 569. The SMILES string of the molecule is C[C@H]1C(=O)CCC[C@@H]1c1cccc(C#CCC(C)(C)O)c1. The summed E-state index contributed by atoms with van der Waals surface area (Å²) in [5.41, 5.74) is 1.42. The molecular formula is C19H24O2. The first-order valence-corrected chi connectivity index (χ1v) is 7.71. The molecule has 0 heterocycles. The second-order valence-corrected chi connectivity index (χ2v) is 6.67. The Labute approximate surface area is 127 Å². The fourth-order valence-electron chi connectivity index (χ4n) is 2.86. The van der Waals surface area contributed by atoms with Gasteiger partial charge >= 0.3 is 0 Å². The van der Waals surface area contributed by atoms with Crippen molar-refractivity contribution in [2.45, 2.75) is 58.0 Å². The van der Waals surface area contributed by atoms with Crippen molar-refractivity contribution in [1.82, 2.24) is 0 Å². The molecule has 0 aliphatic heterocycles. The molecular weight excluding hydrogens is 260 g/mol. The van der Waals surface area contributed by atoms with Gasteiger partial charge in [0.05, 0.1) is 5.60 Å². The average molecular weight is 284 g/mol. The molecule has 2 heteroatoms. The third-order valence-electron chi connectivity index (χ3n) is 4.12. The summed E-state index contributed by atoms with van der Waals surface area (Å²) >= 11 is 0. The number of carbonyl (C=O) groups excluding carboxylic acids is 1. The second-order valence-electron chi connectivity index (χ2n) is 6.67. The van der Waals surface area contributed by atoms with Crippen LogP contribution in [-0.2, 0) is 4.79 Å². The first-order valence-electron chi connectivity index (χ1n) is 7.71. The molecule has 0 radical (unpaired) electrons. The second kappa shape index (κ2) is 6.45. The van der Waals surface area contributed by atoms with E-state index in [0.717, 1.165) is 24.8 Å². The molecule has 1 saturated carbocycles. The highest BCUT2D eigenvalue weighted by Crippen LogP contribution is 2.35. The highest BCUT2D eigenvalue weighted by Gasteiger charge is 2.29. The van der Waals surface area contributed by atoms with Crippen LogP contribution in [0.5, 0.6) is 0 Å². The number of rotatable bonds is 2. The molecule has 1 N–H and O–H groups in total. The van der Waals surface area contributed by atoms with E-state index in [2.05, 4.69) is 24.0 Å². The lowest BCUT2D eigenvalue weighted by molar-refractivity contribution is -0.124. The summed E-state index contributed by atoms with van der Waals surface area (Å²) in [6.45, 7) is 5.56. The number of Topliss-reactive ketones (excluding diaryl/α,β-unsaturated/α-hetero) is 1. The van der Waals surface area contributed by atoms with Crippen LogP contribution in [0.25, 0.3) is 0 Å². The molecule has 2 rings (SSSR count). The molecule has 0 amide bonds. The summed E-state index contributed by atoms with van der Waals surface area (Å²) in [7, 11) is 0.